The van der Waals surface area contributed by atoms with E-state index in [-0.39, 0.29) is 6.61 Å². The third kappa shape index (κ3) is 5.61. The second kappa shape index (κ2) is 7.97. The SMILES string of the molecule is C=CCO[C@@H]1O[C@H](COS(=O)(=O)O)[C@@H](O)[C@H](O)[C@H]1NC(C)=O. The summed E-state index contributed by atoms with van der Waals surface area (Å²) in [4.78, 5) is 11.2. The summed E-state index contributed by atoms with van der Waals surface area (Å²) >= 11 is 0. The van der Waals surface area contributed by atoms with E-state index in [4.69, 9.17) is 14.0 Å². The predicted molar refractivity (Wildman–Crippen MR) is 71.9 cm³/mol. The largest absolute Gasteiger partial charge is 0.397 e. The molecule has 0 bridgehead atoms. The molecule has 128 valence electrons. The van der Waals surface area contributed by atoms with Gasteiger partial charge in [0.15, 0.2) is 6.29 Å². The summed E-state index contributed by atoms with van der Waals surface area (Å²) in [7, 11) is -4.73. The van der Waals surface area contributed by atoms with Gasteiger partial charge in [0.2, 0.25) is 5.91 Å². The van der Waals surface area contributed by atoms with Gasteiger partial charge in [0.25, 0.3) is 0 Å². The summed E-state index contributed by atoms with van der Waals surface area (Å²) in [5.74, 6) is -0.486. The maximum Gasteiger partial charge on any atom is 0.397 e. The van der Waals surface area contributed by atoms with Crippen LogP contribution in [-0.2, 0) is 28.9 Å². The molecule has 0 aromatic carbocycles. The number of aliphatic hydroxyl groups is 2. The van der Waals surface area contributed by atoms with Gasteiger partial charge in [0.1, 0.15) is 24.4 Å². The van der Waals surface area contributed by atoms with Gasteiger partial charge in [-0.05, 0) is 0 Å². The van der Waals surface area contributed by atoms with Crippen molar-refractivity contribution in [1.82, 2.24) is 5.32 Å². The summed E-state index contributed by atoms with van der Waals surface area (Å²) in [6.45, 7) is 3.93. The molecular formula is C11H19NO9S. The molecule has 1 fully saturated rings. The van der Waals surface area contributed by atoms with E-state index in [0.717, 1.165) is 0 Å². The van der Waals surface area contributed by atoms with Crippen LogP contribution in [0.5, 0.6) is 0 Å². The van der Waals surface area contributed by atoms with Gasteiger partial charge in [-0.25, -0.2) is 4.18 Å². The number of ether oxygens (including phenoxy) is 2. The van der Waals surface area contributed by atoms with Crippen LogP contribution < -0.4 is 5.32 Å². The Labute approximate surface area is 127 Å². The highest BCUT2D eigenvalue weighted by molar-refractivity contribution is 7.80. The first-order valence-corrected chi connectivity index (χ1v) is 7.65. The Hall–Kier alpha value is -1.08. The standard InChI is InChI=1S/C11H19NO9S/c1-3-4-19-11-8(12-6(2)13)10(15)9(14)7(21-11)5-20-22(16,17)18/h3,7-11,14-15H,1,4-5H2,2H3,(H,12,13)(H,16,17,18)/t7-,8-,9-,10-,11-/m1/s1. The van der Waals surface area contributed by atoms with Gasteiger partial charge in [-0.1, -0.05) is 6.08 Å². The highest BCUT2D eigenvalue weighted by Gasteiger charge is 2.45. The van der Waals surface area contributed by atoms with Crippen LogP contribution in [-0.4, -0.2) is 72.9 Å². The van der Waals surface area contributed by atoms with Gasteiger partial charge in [0, 0.05) is 6.92 Å². The van der Waals surface area contributed by atoms with E-state index in [0.29, 0.717) is 0 Å². The molecule has 0 unspecified atom stereocenters. The molecule has 1 aliphatic heterocycles. The summed E-state index contributed by atoms with van der Waals surface area (Å²) in [6.07, 6.45) is -4.13. The van der Waals surface area contributed by atoms with Crippen molar-refractivity contribution < 1.29 is 41.6 Å². The lowest BCUT2D eigenvalue weighted by Gasteiger charge is -2.42. The van der Waals surface area contributed by atoms with Crippen LogP contribution in [0.25, 0.3) is 0 Å². The van der Waals surface area contributed by atoms with Crippen LogP contribution in [0.4, 0.5) is 0 Å². The molecule has 10 nitrogen and oxygen atoms in total. The lowest BCUT2D eigenvalue weighted by molar-refractivity contribution is -0.265. The lowest BCUT2D eigenvalue weighted by Crippen LogP contribution is -2.64. The fourth-order valence-corrected chi connectivity index (χ4v) is 2.22. The van der Waals surface area contributed by atoms with Crippen LogP contribution in [0, 0.1) is 0 Å². The normalized spacial score (nSPS) is 32.5. The predicted octanol–water partition coefficient (Wildman–Crippen LogP) is -2.04. The average molecular weight is 341 g/mol. The first-order valence-electron chi connectivity index (χ1n) is 6.28. The molecule has 5 atom stereocenters. The second-order valence-corrected chi connectivity index (χ2v) is 5.68. The van der Waals surface area contributed by atoms with Gasteiger partial charge in [-0.3, -0.25) is 9.35 Å². The van der Waals surface area contributed by atoms with E-state index in [1.54, 1.807) is 0 Å². The van der Waals surface area contributed by atoms with E-state index in [2.05, 4.69) is 16.1 Å². The number of amides is 1. The monoisotopic (exact) mass is 341 g/mol. The van der Waals surface area contributed by atoms with Crippen molar-refractivity contribution in [2.45, 2.75) is 37.6 Å². The lowest BCUT2D eigenvalue weighted by atomic mass is 9.97. The summed E-state index contributed by atoms with van der Waals surface area (Å²) in [5.41, 5.74) is 0. The van der Waals surface area contributed by atoms with Crippen molar-refractivity contribution in [1.29, 1.82) is 0 Å². The van der Waals surface area contributed by atoms with Gasteiger partial charge < -0.3 is 25.0 Å². The number of rotatable bonds is 7. The molecular weight excluding hydrogens is 322 g/mol. The Morgan fingerprint density at radius 3 is 2.55 bits per heavy atom. The first kappa shape index (κ1) is 19.0. The van der Waals surface area contributed by atoms with Crippen molar-refractivity contribution in [3.05, 3.63) is 12.7 Å². The summed E-state index contributed by atoms with van der Waals surface area (Å²) in [5, 5.41) is 22.3. The second-order valence-electron chi connectivity index (χ2n) is 4.58. The zero-order chi connectivity index (χ0) is 16.9. The molecule has 0 spiro atoms. The van der Waals surface area contributed by atoms with Gasteiger partial charge in [-0.2, -0.15) is 8.42 Å². The van der Waals surface area contributed by atoms with Gasteiger partial charge in [0.05, 0.1) is 13.2 Å². The number of carbonyl (C=O) groups excluding carboxylic acids is 1. The summed E-state index contributed by atoms with van der Waals surface area (Å²) < 4.78 is 44.3. The van der Waals surface area contributed by atoms with Gasteiger partial charge >= 0.3 is 10.4 Å². The molecule has 1 saturated heterocycles. The number of carbonyl (C=O) groups is 1. The Morgan fingerprint density at radius 2 is 2.05 bits per heavy atom. The minimum Gasteiger partial charge on any atom is -0.388 e. The number of hydrogen-bond acceptors (Lipinski definition) is 8. The van der Waals surface area contributed by atoms with E-state index in [1.807, 2.05) is 0 Å². The molecule has 1 aliphatic rings. The van der Waals surface area contributed by atoms with Crippen LogP contribution in [0.3, 0.4) is 0 Å². The van der Waals surface area contributed by atoms with Crippen molar-refractivity contribution >= 4 is 16.3 Å². The van der Waals surface area contributed by atoms with E-state index < -0.39 is 53.6 Å². The molecule has 11 heteroatoms. The molecule has 1 heterocycles. The average Bonchev–Trinajstić information content (AvgIpc) is 2.40. The van der Waals surface area contributed by atoms with Crippen LogP contribution in [0.2, 0.25) is 0 Å². The highest BCUT2D eigenvalue weighted by atomic mass is 32.3. The topological polar surface area (TPSA) is 152 Å². The van der Waals surface area contributed by atoms with Crippen LogP contribution >= 0.6 is 0 Å². The molecule has 0 saturated carbocycles. The number of nitrogens with one attached hydrogen (secondary N) is 1. The fraction of sp³-hybridized carbons (Fsp3) is 0.727. The van der Waals surface area contributed by atoms with Crippen molar-refractivity contribution in [3.63, 3.8) is 0 Å². The maximum atomic E-state index is 11.2. The zero-order valence-corrected chi connectivity index (χ0v) is 12.6. The van der Waals surface area contributed by atoms with E-state index in [9.17, 15) is 23.4 Å². The van der Waals surface area contributed by atoms with E-state index >= 15 is 0 Å². The molecule has 0 aliphatic carbocycles. The smallest absolute Gasteiger partial charge is 0.388 e. The van der Waals surface area contributed by atoms with Gasteiger partial charge in [-0.15, -0.1) is 6.58 Å². The minimum absolute atomic E-state index is 0.0233. The Bertz CT molecular complexity index is 494. The fourth-order valence-electron chi connectivity index (χ4n) is 1.92. The molecule has 22 heavy (non-hydrogen) atoms. The van der Waals surface area contributed by atoms with Crippen LogP contribution in [0.1, 0.15) is 6.92 Å². The first-order chi connectivity index (χ1) is 10.2. The molecule has 0 radical (unpaired) electrons. The van der Waals surface area contributed by atoms with Crippen molar-refractivity contribution in [2.75, 3.05) is 13.2 Å². The molecule has 0 aromatic heterocycles. The Morgan fingerprint density at radius 1 is 1.41 bits per heavy atom. The quantitative estimate of drug-likeness (QED) is 0.303. The maximum absolute atomic E-state index is 11.2. The Kier molecular flexibility index (Phi) is 6.87. The van der Waals surface area contributed by atoms with Crippen molar-refractivity contribution in [2.24, 2.45) is 0 Å². The molecule has 0 aromatic rings. The third-order valence-electron chi connectivity index (χ3n) is 2.83. The number of hydrogen-bond donors (Lipinski definition) is 4. The van der Waals surface area contributed by atoms with Crippen molar-refractivity contribution in [3.8, 4) is 0 Å². The zero-order valence-electron chi connectivity index (χ0n) is 11.8. The van der Waals surface area contributed by atoms with Crippen LogP contribution in [0.15, 0.2) is 12.7 Å². The Balaban J connectivity index is 2.83. The molecule has 4 N–H and O–H groups in total. The third-order valence-corrected chi connectivity index (χ3v) is 3.26. The molecule has 1 amide bonds. The summed E-state index contributed by atoms with van der Waals surface area (Å²) in [6, 6.07) is -1.07. The minimum atomic E-state index is -4.73. The van der Waals surface area contributed by atoms with E-state index in [1.165, 1.54) is 13.0 Å². The number of aliphatic hydroxyl groups excluding tert-OH is 2. The highest BCUT2D eigenvalue weighted by Crippen LogP contribution is 2.23. The molecule has 1 rings (SSSR count).